The van der Waals surface area contributed by atoms with Crippen LogP contribution in [0.3, 0.4) is 0 Å². The van der Waals surface area contributed by atoms with E-state index in [-0.39, 0.29) is 35.6 Å². The van der Waals surface area contributed by atoms with E-state index in [1.807, 2.05) is 54.6 Å². The van der Waals surface area contributed by atoms with E-state index < -0.39 is 17.7 Å². The molecule has 176 valence electrons. The third-order valence-electron chi connectivity index (χ3n) is 6.71. The van der Waals surface area contributed by atoms with Crippen LogP contribution in [0.15, 0.2) is 66.7 Å². The Morgan fingerprint density at radius 3 is 2.24 bits per heavy atom. The number of rotatable bonds is 7. The molecule has 1 unspecified atom stereocenters. The summed E-state index contributed by atoms with van der Waals surface area (Å²) < 4.78 is 40.1. The zero-order valence-electron chi connectivity index (χ0n) is 18.8. The van der Waals surface area contributed by atoms with Crippen molar-refractivity contribution in [1.29, 1.82) is 0 Å². The number of carbonyl (C=O) groups is 1. The fraction of sp³-hybridized carbons (Fsp3) is 0.296. The summed E-state index contributed by atoms with van der Waals surface area (Å²) in [5.41, 5.74) is 2.18. The number of methoxy groups -OCH3 is 1. The first kappa shape index (κ1) is 22.3. The Labute approximate surface area is 197 Å². The van der Waals surface area contributed by atoms with Crippen LogP contribution in [-0.4, -0.2) is 31.2 Å². The molecule has 3 aromatic rings. The van der Waals surface area contributed by atoms with Gasteiger partial charge in [0.25, 0.3) is 0 Å². The number of nitrogens with one attached hydrogen (secondary N) is 1. The number of hydrogen-bond donors (Lipinski definition) is 1. The summed E-state index contributed by atoms with van der Waals surface area (Å²) in [4.78, 5) is 14.4. The van der Waals surface area contributed by atoms with Crippen LogP contribution in [-0.2, 0) is 17.9 Å². The SMILES string of the molecule is COc1ccc(CN2C[C@@H]3C(c4c(F)cc(NC(=O)OCc5ccccc5)cc4F)[C@@H]3C2)cc1. The van der Waals surface area contributed by atoms with Gasteiger partial charge in [0.2, 0.25) is 0 Å². The predicted molar refractivity (Wildman–Crippen MR) is 125 cm³/mol. The largest absolute Gasteiger partial charge is 0.497 e. The summed E-state index contributed by atoms with van der Waals surface area (Å²) in [6.07, 6.45) is -0.757. The van der Waals surface area contributed by atoms with Crippen LogP contribution in [0.4, 0.5) is 19.3 Å². The van der Waals surface area contributed by atoms with Gasteiger partial charge in [0.1, 0.15) is 24.0 Å². The number of carbonyl (C=O) groups excluding carboxylic acids is 1. The van der Waals surface area contributed by atoms with Crippen molar-refractivity contribution in [2.75, 3.05) is 25.5 Å². The quantitative estimate of drug-likeness (QED) is 0.497. The van der Waals surface area contributed by atoms with Crippen LogP contribution >= 0.6 is 0 Å². The second-order valence-corrected chi connectivity index (χ2v) is 8.94. The van der Waals surface area contributed by atoms with Crippen molar-refractivity contribution in [1.82, 2.24) is 4.90 Å². The molecule has 7 heteroatoms. The number of benzene rings is 3. The lowest BCUT2D eigenvalue weighted by atomic mass is 10.0. The number of ether oxygens (including phenoxy) is 2. The lowest BCUT2D eigenvalue weighted by molar-refractivity contribution is 0.155. The van der Waals surface area contributed by atoms with Crippen molar-refractivity contribution in [3.05, 3.63) is 95.1 Å². The molecule has 2 fully saturated rings. The normalized spacial score (nSPS) is 21.1. The minimum Gasteiger partial charge on any atom is -0.497 e. The highest BCUT2D eigenvalue weighted by Gasteiger charge is 2.57. The Bertz CT molecular complexity index is 1140. The highest BCUT2D eigenvalue weighted by Crippen LogP contribution is 2.59. The summed E-state index contributed by atoms with van der Waals surface area (Å²) in [7, 11) is 1.64. The Kier molecular flexibility index (Phi) is 6.20. The number of hydrogen-bond acceptors (Lipinski definition) is 4. The van der Waals surface area contributed by atoms with E-state index in [2.05, 4.69) is 10.2 Å². The van der Waals surface area contributed by atoms with Gasteiger partial charge in [-0.05, 0) is 53.1 Å². The van der Waals surface area contributed by atoms with Gasteiger partial charge in [-0.15, -0.1) is 0 Å². The van der Waals surface area contributed by atoms with Crippen molar-refractivity contribution in [3.63, 3.8) is 0 Å². The summed E-state index contributed by atoms with van der Waals surface area (Å²) in [5, 5.41) is 2.41. The van der Waals surface area contributed by atoms with Gasteiger partial charge in [-0.3, -0.25) is 10.2 Å². The Balaban J connectivity index is 1.16. The first-order valence-electron chi connectivity index (χ1n) is 11.3. The summed E-state index contributed by atoms with van der Waals surface area (Å²) in [5.74, 6) is -0.0552. The molecule has 0 aromatic heterocycles. The molecule has 3 atom stereocenters. The number of likely N-dealkylation sites (tertiary alicyclic amines) is 1. The molecule has 0 radical (unpaired) electrons. The molecule has 1 saturated heterocycles. The number of anilines is 1. The molecule has 1 aliphatic heterocycles. The number of piperidine rings is 1. The van der Waals surface area contributed by atoms with Crippen LogP contribution in [0.2, 0.25) is 0 Å². The maximum absolute atomic E-state index is 14.9. The highest BCUT2D eigenvalue weighted by molar-refractivity contribution is 5.84. The van der Waals surface area contributed by atoms with Crippen LogP contribution in [0.5, 0.6) is 5.75 Å². The zero-order valence-corrected chi connectivity index (χ0v) is 18.8. The van der Waals surface area contributed by atoms with Gasteiger partial charge in [0.15, 0.2) is 0 Å². The third kappa shape index (κ3) is 4.75. The molecule has 5 rings (SSSR count). The number of fused-ring (bicyclic) bond motifs is 1. The molecule has 1 saturated carbocycles. The van der Waals surface area contributed by atoms with Gasteiger partial charge in [0, 0.05) is 30.9 Å². The van der Waals surface area contributed by atoms with Crippen molar-refractivity contribution < 1.29 is 23.0 Å². The molecule has 0 spiro atoms. The van der Waals surface area contributed by atoms with E-state index >= 15 is 0 Å². The summed E-state index contributed by atoms with van der Waals surface area (Å²) >= 11 is 0. The maximum atomic E-state index is 14.9. The minimum atomic E-state index is -0.757. The minimum absolute atomic E-state index is 0.0451. The standard InChI is InChI=1S/C27H26F2N2O3/c1-33-20-9-7-17(8-10-20)13-31-14-21-22(15-31)25(21)26-23(28)11-19(12-24(26)29)30-27(32)34-16-18-5-3-2-4-6-18/h2-12,21-22,25H,13-16H2,1H3,(H,30,32)/t21-,22+,25?. The Morgan fingerprint density at radius 1 is 0.971 bits per heavy atom. The molecule has 5 nitrogen and oxygen atoms in total. The molecule has 2 aliphatic rings. The van der Waals surface area contributed by atoms with Crippen molar-refractivity contribution in [2.24, 2.45) is 11.8 Å². The first-order valence-corrected chi connectivity index (χ1v) is 11.3. The third-order valence-corrected chi connectivity index (χ3v) is 6.71. The van der Waals surface area contributed by atoms with Gasteiger partial charge >= 0.3 is 6.09 Å². The summed E-state index contributed by atoms with van der Waals surface area (Å²) in [6.45, 7) is 2.51. The molecule has 1 amide bonds. The van der Waals surface area contributed by atoms with Crippen LogP contribution in [0, 0.1) is 23.5 Å². The first-order chi connectivity index (χ1) is 16.5. The molecule has 1 N–H and O–H groups in total. The fourth-order valence-electron chi connectivity index (χ4n) is 5.01. The van der Waals surface area contributed by atoms with Crippen LogP contribution < -0.4 is 10.1 Å². The number of halogens is 2. The molecular weight excluding hydrogens is 438 g/mol. The van der Waals surface area contributed by atoms with E-state index in [0.717, 1.165) is 30.9 Å². The van der Waals surface area contributed by atoms with E-state index in [0.29, 0.717) is 0 Å². The summed E-state index contributed by atoms with van der Waals surface area (Å²) in [6, 6.07) is 19.5. The molecule has 1 heterocycles. The van der Waals surface area contributed by atoms with E-state index in [1.54, 1.807) is 7.11 Å². The second kappa shape index (κ2) is 9.43. The van der Waals surface area contributed by atoms with Gasteiger partial charge in [-0.25, -0.2) is 13.6 Å². The van der Waals surface area contributed by atoms with Gasteiger partial charge in [-0.2, -0.15) is 0 Å². The molecule has 0 bridgehead atoms. The van der Waals surface area contributed by atoms with Crippen molar-refractivity contribution in [2.45, 2.75) is 19.1 Å². The van der Waals surface area contributed by atoms with Crippen molar-refractivity contribution in [3.8, 4) is 5.75 Å². The van der Waals surface area contributed by atoms with Gasteiger partial charge < -0.3 is 9.47 Å². The monoisotopic (exact) mass is 464 g/mol. The van der Waals surface area contributed by atoms with E-state index in [4.69, 9.17) is 9.47 Å². The number of nitrogens with zero attached hydrogens (tertiary/aromatic N) is 1. The number of amides is 1. The second-order valence-electron chi connectivity index (χ2n) is 8.94. The van der Waals surface area contributed by atoms with Gasteiger partial charge in [0.05, 0.1) is 7.11 Å². The van der Waals surface area contributed by atoms with Crippen molar-refractivity contribution >= 4 is 11.8 Å². The molecular formula is C27H26F2N2O3. The highest BCUT2D eigenvalue weighted by atomic mass is 19.1. The topological polar surface area (TPSA) is 50.8 Å². The Morgan fingerprint density at radius 2 is 1.62 bits per heavy atom. The fourth-order valence-corrected chi connectivity index (χ4v) is 5.01. The van der Waals surface area contributed by atoms with Gasteiger partial charge in [-0.1, -0.05) is 42.5 Å². The average Bonchev–Trinajstić information content (AvgIpc) is 3.30. The zero-order chi connectivity index (χ0) is 23.7. The van der Waals surface area contributed by atoms with E-state index in [1.165, 1.54) is 17.7 Å². The maximum Gasteiger partial charge on any atom is 0.411 e. The molecule has 34 heavy (non-hydrogen) atoms. The predicted octanol–water partition coefficient (Wildman–Crippen LogP) is 5.57. The van der Waals surface area contributed by atoms with Crippen LogP contribution in [0.1, 0.15) is 22.6 Å². The van der Waals surface area contributed by atoms with Crippen LogP contribution in [0.25, 0.3) is 0 Å². The lowest BCUT2D eigenvalue weighted by Gasteiger charge is -2.20. The Hall–Kier alpha value is -3.45. The van der Waals surface area contributed by atoms with E-state index in [9.17, 15) is 13.6 Å². The average molecular weight is 465 g/mol. The molecule has 1 aliphatic carbocycles. The molecule has 3 aromatic carbocycles. The lowest BCUT2D eigenvalue weighted by Crippen LogP contribution is -2.24. The smallest absolute Gasteiger partial charge is 0.411 e.